The summed E-state index contributed by atoms with van der Waals surface area (Å²) in [6.45, 7) is 0. The molecular formula is C15H19N3O2. The van der Waals surface area contributed by atoms with E-state index >= 15 is 0 Å². The average Bonchev–Trinajstić information content (AvgIpc) is 3.11. The molecule has 3 rings (SSSR count). The molecule has 0 N–H and O–H groups in total. The summed E-state index contributed by atoms with van der Waals surface area (Å²) in [7, 11) is 1.40. The van der Waals surface area contributed by atoms with Crippen LogP contribution in [0.25, 0.3) is 5.78 Å². The molecule has 0 saturated heterocycles. The predicted octanol–water partition coefficient (Wildman–Crippen LogP) is 2.64. The molecule has 0 amide bonds. The minimum atomic E-state index is -0.341. The zero-order valence-corrected chi connectivity index (χ0v) is 11.7. The van der Waals surface area contributed by atoms with Crippen LogP contribution in [0.5, 0.6) is 0 Å². The van der Waals surface area contributed by atoms with Crippen molar-refractivity contribution in [2.45, 2.75) is 38.5 Å². The van der Waals surface area contributed by atoms with Crippen LogP contribution in [0.15, 0.2) is 18.5 Å². The van der Waals surface area contributed by atoms with Crippen LogP contribution in [0.3, 0.4) is 0 Å². The van der Waals surface area contributed by atoms with E-state index in [4.69, 9.17) is 4.74 Å². The quantitative estimate of drug-likeness (QED) is 0.804. The fraction of sp³-hybridized carbons (Fsp3) is 0.533. The number of aryl methyl sites for hydroxylation is 1. The Kier molecular flexibility index (Phi) is 3.67. The summed E-state index contributed by atoms with van der Waals surface area (Å²) in [4.78, 5) is 20.7. The smallest absolute Gasteiger partial charge is 0.357 e. The molecule has 2 aromatic rings. The van der Waals surface area contributed by atoms with Crippen LogP contribution in [0, 0.1) is 5.92 Å². The fourth-order valence-electron chi connectivity index (χ4n) is 3.06. The van der Waals surface area contributed by atoms with Crippen molar-refractivity contribution in [2.75, 3.05) is 7.11 Å². The molecule has 20 heavy (non-hydrogen) atoms. The zero-order valence-electron chi connectivity index (χ0n) is 11.7. The highest BCUT2D eigenvalue weighted by Crippen LogP contribution is 2.29. The highest BCUT2D eigenvalue weighted by atomic mass is 16.5. The molecule has 0 aliphatic heterocycles. The number of carbonyl (C=O) groups excluding carboxylic acids is 1. The van der Waals surface area contributed by atoms with Gasteiger partial charge in [0.15, 0.2) is 5.69 Å². The number of carbonyl (C=O) groups is 1. The maximum atomic E-state index is 12.0. The number of hydrogen-bond acceptors (Lipinski definition) is 4. The van der Waals surface area contributed by atoms with Gasteiger partial charge in [0.05, 0.1) is 12.8 Å². The van der Waals surface area contributed by atoms with Crippen molar-refractivity contribution < 1.29 is 9.53 Å². The molecule has 5 nitrogen and oxygen atoms in total. The molecule has 0 atom stereocenters. The zero-order chi connectivity index (χ0) is 13.9. The van der Waals surface area contributed by atoms with Crippen LogP contribution in [0.1, 0.15) is 48.3 Å². The van der Waals surface area contributed by atoms with Gasteiger partial charge < -0.3 is 4.74 Å². The summed E-state index contributed by atoms with van der Waals surface area (Å²) in [6, 6.07) is 1.79. The number of ether oxygens (including phenoxy) is 1. The van der Waals surface area contributed by atoms with Crippen LogP contribution < -0.4 is 0 Å². The van der Waals surface area contributed by atoms with Gasteiger partial charge >= 0.3 is 5.97 Å². The first-order valence-electron chi connectivity index (χ1n) is 7.20. The molecule has 0 unspecified atom stereocenters. The van der Waals surface area contributed by atoms with Crippen molar-refractivity contribution >= 4 is 11.7 Å². The van der Waals surface area contributed by atoms with Gasteiger partial charge in [0, 0.05) is 12.4 Å². The van der Waals surface area contributed by atoms with Crippen LogP contribution >= 0.6 is 0 Å². The van der Waals surface area contributed by atoms with Gasteiger partial charge in [-0.05, 0) is 24.8 Å². The summed E-state index contributed by atoms with van der Waals surface area (Å²) < 4.78 is 6.61. The van der Waals surface area contributed by atoms with Gasteiger partial charge in [0.25, 0.3) is 0 Å². The fourth-order valence-corrected chi connectivity index (χ4v) is 3.06. The first-order chi connectivity index (χ1) is 9.79. The van der Waals surface area contributed by atoms with Crippen molar-refractivity contribution in [3.05, 3.63) is 29.8 Å². The second-order valence-electron chi connectivity index (χ2n) is 5.38. The second kappa shape index (κ2) is 5.61. The summed E-state index contributed by atoms with van der Waals surface area (Å²) >= 11 is 0. The van der Waals surface area contributed by atoms with Gasteiger partial charge in [-0.2, -0.15) is 0 Å². The number of hydrogen-bond donors (Lipinski definition) is 0. The Hall–Kier alpha value is -1.91. The maximum absolute atomic E-state index is 12.0. The van der Waals surface area contributed by atoms with Crippen molar-refractivity contribution in [1.82, 2.24) is 14.4 Å². The largest absolute Gasteiger partial charge is 0.464 e. The number of aromatic nitrogens is 3. The SMILES string of the molecule is COC(=O)c1c(CCC2CCCC2)nc2ncccn12. The minimum absolute atomic E-state index is 0.341. The van der Waals surface area contributed by atoms with E-state index in [-0.39, 0.29) is 5.97 Å². The third-order valence-corrected chi connectivity index (χ3v) is 4.12. The Morgan fingerprint density at radius 1 is 1.45 bits per heavy atom. The van der Waals surface area contributed by atoms with Crippen molar-refractivity contribution in [1.29, 1.82) is 0 Å². The lowest BCUT2D eigenvalue weighted by Gasteiger charge is -2.07. The molecule has 0 radical (unpaired) electrons. The van der Waals surface area contributed by atoms with Crippen molar-refractivity contribution in [3.63, 3.8) is 0 Å². The number of rotatable bonds is 4. The van der Waals surface area contributed by atoms with E-state index < -0.39 is 0 Å². The lowest BCUT2D eigenvalue weighted by atomic mass is 10.00. The van der Waals surface area contributed by atoms with Gasteiger partial charge in [-0.1, -0.05) is 25.7 Å². The van der Waals surface area contributed by atoms with E-state index in [9.17, 15) is 4.79 Å². The molecule has 1 aliphatic rings. The Bertz CT molecular complexity index is 615. The van der Waals surface area contributed by atoms with E-state index in [1.54, 1.807) is 22.9 Å². The predicted molar refractivity (Wildman–Crippen MR) is 74.6 cm³/mol. The molecule has 1 aliphatic carbocycles. The standard InChI is InChI=1S/C15H19N3O2/c1-20-14(19)13-12(8-7-11-5-2-3-6-11)17-15-16-9-4-10-18(13)15/h4,9-11H,2-3,5-8H2,1H3. The Balaban J connectivity index is 1.89. The third kappa shape index (κ3) is 2.40. The van der Waals surface area contributed by atoms with Crippen LogP contribution in [0.2, 0.25) is 0 Å². The summed E-state index contributed by atoms with van der Waals surface area (Å²) in [5.74, 6) is 1.000. The van der Waals surface area contributed by atoms with Crippen molar-refractivity contribution in [2.24, 2.45) is 5.92 Å². The first-order valence-corrected chi connectivity index (χ1v) is 7.20. The Morgan fingerprint density at radius 2 is 2.25 bits per heavy atom. The molecule has 5 heteroatoms. The first kappa shape index (κ1) is 13.1. The van der Waals surface area contributed by atoms with Gasteiger partial charge in [-0.3, -0.25) is 4.40 Å². The third-order valence-electron chi connectivity index (χ3n) is 4.12. The number of methoxy groups -OCH3 is 1. The maximum Gasteiger partial charge on any atom is 0.357 e. The Morgan fingerprint density at radius 3 is 3.00 bits per heavy atom. The van der Waals surface area contributed by atoms with E-state index in [1.165, 1.54) is 32.8 Å². The molecule has 1 fully saturated rings. The van der Waals surface area contributed by atoms with Gasteiger partial charge in [-0.15, -0.1) is 0 Å². The molecule has 106 valence electrons. The molecule has 2 heterocycles. The van der Waals surface area contributed by atoms with Crippen LogP contribution in [0.4, 0.5) is 0 Å². The molecule has 2 aromatic heterocycles. The molecule has 0 aromatic carbocycles. The average molecular weight is 273 g/mol. The van der Waals surface area contributed by atoms with Gasteiger partial charge in [-0.25, -0.2) is 14.8 Å². The number of imidazole rings is 1. The van der Waals surface area contributed by atoms with E-state index in [0.717, 1.165) is 24.5 Å². The van der Waals surface area contributed by atoms with Gasteiger partial charge in [0.1, 0.15) is 0 Å². The summed E-state index contributed by atoms with van der Waals surface area (Å²) in [5.41, 5.74) is 1.33. The van der Waals surface area contributed by atoms with E-state index in [0.29, 0.717) is 11.5 Å². The highest BCUT2D eigenvalue weighted by Gasteiger charge is 2.22. The number of esters is 1. The van der Waals surface area contributed by atoms with Crippen molar-refractivity contribution in [3.8, 4) is 0 Å². The highest BCUT2D eigenvalue weighted by molar-refractivity contribution is 5.89. The van der Waals surface area contributed by atoms with E-state index in [1.807, 2.05) is 0 Å². The normalized spacial score (nSPS) is 15.8. The molecule has 0 bridgehead atoms. The molecule has 1 saturated carbocycles. The molecule has 0 spiro atoms. The lowest BCUT2D eigenvalue weighted by molar-refractivity contribution is 0.0591. The molecular weight excluding hydrogens is 254 g/mol. The van der Waals surface area contributed by atoms with Crippen LogP contribution in [-0.2, 0) is 11.2 Å². The van der Waals surface area contributed by atoms with Crippen LogP contribution in [-0.4, -0.2) is 27.4 Å². The van der Waals surface area contributed by atoms with Gasteiger partial charge in [0.2, 0.25) is 5.78 Å². The number of fused-ring (bicyclic) bond motifs is 1. The summed E-state index contributed by atoms with van der Waals surface area (Å²) in [6.07, 6.45) is 10.7. The monoisotopic (exact) mass is 273 g/mol. The topological polar surface area (TPSA) is 56.5 Å². The second-order valence-corrected chi connectivity index (χ2v) is 5.38. The number of nitrogens with zero attached hydrogens (tertiary/aromatic N) is 3. The lowest BCUT2D eigenvalue weighted by Crippen LogP contribution is -2.09. The summed E-state index contributed by atoms with van der Waals surface area (Å²) in [5, 5.41) is 0. The van der Waals surface area contributed by atoms with E-state index in [2.05, 4.69) is 9.97 Å². The Labute approximate surface area is 118 Å². The minimum Gasteiger partial charge on any atom is -0.464 e.